The molecule has 1 unspecified atom stereocenters. The summed E-state index contributed by atoms with van der Waals surface area (Å²) in [5, 5.41) is 2.64. The van der Waals surface area contributed by atoms with Gasteiger partial charge in [-0.2, -0.15) is 13.2 Å². The van der Waals surface area contributed by atoms with Gasteiger partial charge in [0.05, 0.1) is 11.1 Å². The van der Waals surface area contributed by atoms with Gasteiger partial charge in [0.25, 0.3) is 11.8 Å². The van der Waals surface area contributed by atoms with E-state index in [0.29, 0.717) is 25.0 Å². The number of rotatable bonds is 3. The number of fused-ring (bicyclic) bond motifs is 1. The second-order valence-corrected chi connectivity index (χ2v) is 5.99. The van der Waals surface area contributed by atoms with Crippen LogP contribution in [0.5, 0.6) is 0 Å². The van der Waals surface area contributed by atoms with Crippen molar-refractivity contribution in [3.8, 4) is 0 Å². The second kappa shape index (κ2) is 6.74. The lowest BCUT2D eigenvalue weighted by molar-refractivity contribution is -0.137. The molecule has 0 fully saturated rings. The Kier molecular flexibility index (Phi) is 4.62. The second-order valence-electron chi connectivity index (χ2n) is 5.99. The van der Waals surface area contributed by atoms with Crippen LogP contribution in [-0.2, 0) is 19.0 Å². The maximum Gasteiger partial charge on any atom is 0.417 e. The topological polar surface area (TPSA) is 98.0 Å². The van der Waals surface area contributed by atoms with Gasteiger partial charge >= 0.3 is 6.18 Å². The molecule has 1 aliphatic carbocycles. The van der Waals surface area contributed by atoms with Crippen molar-refractivity contribution in [1.82, 2.24) is 15.3 Å². The number of aryl methyl sites for hydroxylation is 1. The number of carbonyl (C=O) groups is 2. The molecule has 1 aliphatic rings. The zero-order valence-corrected chi connectivity index (χ0v) is 13.5. The van der Waals surface area contributed by atoms with Gasteiger partial charge in [-0.3, -0.25) is 9.59 Å². The summed E-state index contributed by atoms with van der Waals surface area (Å²) in [6.45, 7) is 0. The van der Waals surface area contributed by atoms with E-state index in [1.807, 2.05) is 0 Å². The highest BCUT2D eigenvalue weighted by Gasteiger charge is 2.35. The summed E-state index contributed by atoms with van der Waals surface area (Å²) in [5.74, 6) is -1.58. The molecular weight excluding hydrogens is 349 g/mol. The van der Waals surface area contributed by atoms with Crippen molar-refractivity contribution in [2.45, 2.75) is 31.5 Å². The van der Waals surface area contributed by atoms with Crippen molar-refractivity contribution in [1.29, 1.82) is 0 Å². The standard InChI is InChI=1S/C17H15F3N4O2/c18-17(19,20)12-4-2-1-3-11(12)16(26)23-10-5-6-13-9(7-10)8-22-15(24-13)14(21)25/h1-4,8,10H,5-7H2,(H2,21,25)(H,23,26). The summed E-state index contributed by atoms with van der Waals surface area (Å²) in [5.41, 5.74) is 5.15. The third-order valence-electron chi connectivity index (χ3n) is 4.18. The maximum atomic E-state index is 13.1. The van der Waals surface area contributed by atoms with E-state index < -0.39 is 29.1 Å². The zero-order valence-electron chi connectivity index (χ0n) is 13.5. The van der Waals surface area contributed by atoms with Gasteiger partial charge in [0.1, 0.15) is 0 Å². The van der Waals surface area contributed by atoms with E-state index in [0.717, 1.165) is 17.7 Å². The molecule has 0 saturated heterocycles. The van der Waals surface area contributed by atoms with Crippen LogP contribution < -0.4 is 11.1 Å². The lowest BCUT2D eigenvalue weighted by Gasteiger charge is -2.25. The maximum absolute atomic E-state index is 13.1. The normalized spacial score (nSPS) is 16.7. The monoisotopic (exact) mass is 364 g/mol. The number of nitrogens with zero attached hydrogens (tertiary/aromatic N) is 2. The Balaban J connectivity index is 1.75. The molecule has 1 aromatic carbocycles. The third kappa shape index (κ3) is 3.66. The minimum Gasteiger partial charge on any atom is -0.363 e. The van der Waals surface area contributed by atoms with Crippen LogP contribution in [-0.4, -0.2) is 27.8 Å². The van der Waals surface area contributed by atoms with Gasteiger partial charge in [-0.15, -0.1) is 0 Å². The van der Waals surface area contributed by atoms with Crippen molar-refractivity contribution >= 4 is 11.8 Å². The minimum atomic E-state index is -4.61. The molecule has 1 heterocycles. The molecule has 2 amide bonds. The molecule has 0 saturated carbocycles. The molecular formula is C17H15F3N4O2. The number of nitrogens with one attached hydrogen (secondary N) is 1. The molecule has 0 aliphatic heterocycles. The molecule has 0 bridgehead atoms. The van der Waals surface area contributed by atoms with E-state index in [9.17, 15) is 22.8 Å². The summed E-state index contributed by atoms with van der Waals surface area (Å²) in [6.07, 6.45) is -1.82. The summed E-state index contributed by atoms with van der Waals surface area (Å²) in [6, 6.07) is 4.31. The van der Waals surface area contributed by atoms with Crippen LogP contribution in [0.1, 0.15) is 44.2 Å². The highest BCUT2D eigenvalue weighted by molar-refractivity contribution is 5.96. The first-order chi connectivity index (χ1) is 12.3. The first-order valence-electron chi connectivity index (χ1n) is 7.87. The fourth-order valence-electron chi connectivity index (χ4n) is 2.94. The van der Waals surface area contributed by atoms with Gasteiger partial charge in [0.2, 0.25) is 5.82 Å². The molecule has 2 aromatic rings. The van der Waals surface area contributed by atoms with E-state index in [1.165, 1.54) is 18.3 Å². The number of hydrogen-bond acceptors (Lipinski definition) is 4. The van der Waals surface area contributed by atoms with Gasteiger partial charge in [-0.05, 0) is 37.0 Å². The fourth-order valence-corrected chi connectivity index (χ4v) is 2.94. The molecule has 3 N–H and O–H groups in total. The highest BCUT2D eigenvalue weighted by Crippen LogP contribution is 2.32. The Hall–Kier alpha value is -2.97. The molecule has 0 radical (unpaired) electrons. The number of aromatic nitrogens is 2. The molecule has 0 spiro atoms. The van der Waals surface area contributed by atoms with Crippen LogP contribution in [0.2, 0.25) is 0 Å². The molecule has 3 rings (SSSR count). The summed E-state index contributed by atoms with van der Waals surface area (Å²) in [4.78, 5) is 31.4. The Morgan fingerprint density at radius 2 is 1.96 bits per heavy atom. The molecule has 9 heteroatoms. The van der Waals surface area contributed by atoms with Gasteiger partial charge in [-0.25, -0.2) is 9.97 Å². The lowest BCUT2D eigenvalue weighted by Crippen LogP contribution is -2.40. The minimum absolute atomic E-state index is 0.0784. The number of alkyl halides is 3. The highest BCUT2D eigenvalue weighted by atomic mass is 19.4. The van der Waals surface area contributed by atoms with E-state index in [4.69, 9.17) is 5.73 Å². The first-order valence-corrected chi connectivity index (χ1v) is 7.87. The quantitative estimate of drug-likeness (QED) is 0.869. The Labute approximate surface area is 146 Å². The van der Waals surface area contributed by atoms with Gasteiger partial charge in [-0.1, -0.05) is 12.1 Å². The largest absolute Gasteiger partial charge is 0.417 e. The van der Waals surface area contributed by atoms with Crippen molar-refractivity contribution < 1.29 is 22.8 Å². The van der Waals surface area contributed by atoms with Crippen molar-refractivity contribution in [2.75, 3.05) is 0 Å². The van der Waals surface area contributed by atoms with Crippen molar-refractivity contribution in [2.24, 2.45) is 5.73 Å². The number of hydrogen-bond donors (Lipinski definition) is 2. The smallest absolute Gasteiger partial charge is 0.363 e. The molecule has 1 atom stereocenters. The van der Waals surface area contributed by atoms with Crippen LogP contribution in [0, 0.1) is 0 Å². The Morgan fingerprint density at radius 3 is 2.65 bits per heavy atom. The van der Waals surface area contributed by atoms with E-state index >= 15 is 0 Å². The molecule has 6 nitrogen and oxygen atoms in total. The van der Waals surface area contributed by atoms with Crippen molar-refractivity contribution in [3.05, 3.63) is 58.7 Å². The number of amides is 2. The molecule has 26 heavy (non-hydrogen) atoms. The van der Waals surface area contributed by atoms with Crippen LogP contribution in [0.3, 0.4) is 0 Å². The number of primary amides is 1. The number of carbonyl (C=O) groups excluding carboxylic acids is 2. The lowest BCUT2D eigenvalue weighted by atomic mass is 9.92. The average Bonchev–Trinajstić information content (AvgIpc) is 2.60. The fraction of sp³-hybridized carbons (Fsp3) is 0.294. The SMILES string of the molecule is NC(=O)c1ncc2c(n1)CCC(NC(=O)c1ccccc1C(F)(F)F)C2. The summed E-state index contributed by atoms with van der Waals surface area (Å²) < 4.78 is 39.2. The van der Waals surface area contributed by atoms with Crippen LogP contribution in [0.25, 0.3) is 0 Å². The summed E-state index contributed by atoms with van der Waals surface area (Å²) >= 11 is 0. The predicted molar refractivity (Wildman–Crippen MR) is 85.3 cm³/mol. The average molecular weight is 364 g/mol. The predicted octanol–water partition coefficient (Wildman–Crippen LogP) is 1.88. The first kappa shape index (κ1) is 17.8. The van der Waals surface area contributed by atoms with E-state index in [2.05, 4.69) is 15.3 Å². The van der Waals surface area contributed by atoms with Gasteiger partial charge < -0.3 is 11.1 Å². The summed E-state index contributed by atoms with van der Waals surface area (Å²) in [7, 11) is 0. The van der Waals surface area contributed by atoms with E-state index in [1.54, 1.807) is 0 Å². The molecule has 136 valence electrons. The zero-order chi connectivity index (χ0) is 18.9. The van der Waals surface area contributed by atoms with Crippen LogP contribution in [0.15, 0.2) is 30.5 Å². The van der Waals surface area contributed by atoms with Gasteiger partial charge in [0, 0.05) is 17.9 Å². The number of nitrogens with two attached hydrogens (primary N) is 1. The Morgan fingerprint density at radius 1 is 1.23 bits per heavy atom. The van der Waals surface area contributed by atoms with Gasteiger partial charge in [0.15, 0.2) is 0 Å². The van der Waals surface area contributed by atoms with Crippen LogP contribution in [0.4, 0.5) is 13.2 Å². The molecule has 1 aromatic heterocycles. The Bertz CT molecular complexity index is 867. The van der Waals surface area contributed by atoms with Crippen molar-refractivity contribution in [3.63, 3.8) is 0 Å². The van der Waals surface area contributed by atoms with E-state index in [-0.39, 0.29) is 11.9 Å². The number of benzene rings is 1. The third-order valence-corrected chi connectivity index (χ3v) is 4.18. The number of halogens is 3. The van der Waals surface area contributed by atoms with Crippen LogP contribution >= 0.6 is 0 Å².